The van der Waals surface area contributed by atoms with E-state index in [9.17, 15) is 4.79 Å². The van der Waals surface area contributed by atoms with Crippen molar-refractivity contribution in [3.05, 3.63) is 46.3 Å². The third-order valence-electron chi connectivity index (χ3n) is 4.94. The van der Waals surface area contributed by atoms with Gasteiger partial charge in [-0.3, -0.25) is 4.79 Å². The van der Waals surface area contributed by atoms with E-state index in [1.807, 2.05) is 18.2 Å². The van der Waals surface area contributed by atoms with Gasteiger partial charge in [-0.1, -0.05) is 16.8 Å². The largest absolute Gasteiger partial charge is 0.370 e. The summed E-state index contributed by atoms with van der Waals surface area (Å²) in [6, 6.07) is 7.55. The molecule has 4 rings (SSSR count). The van der Waals surface area contributed by atoms with Crippen LogP contribution in [-0.2, 0) is 6.54 Å². The zero-order valence-electron chi connectivity index (χ0n) is 14.4. The standard InChI is InChI=1S/C19H22ClN3O2/c1-22(12-15-11-18(25-21-15)13-4-5-13)19(24)14-6-7-17(16(20)10-14)23-8-2-3-9-23/h6-7,10-11,13H,2-5,8-9,12H2,1H3. The monoisotopic (exact) mass is 359 g/mol. The maximum Gasteiger partial charge on any atom is 0.254 e. The third-order valence-corrected chi connectivity index (χ3v) is 5.25. The smallest absolute Gasteiger partial charge is 0.254 e. The molecule has 2 heterocycles. The van der Waals surface area contributed by atoms with E-state index in [4.69, 9.17) is 16.1 Å². The van der Waals surface area contributed by atoms with Gasteiger partial charge in [0.2, 0.25) is 0 Å². The highest BCUT2D eigenvalue weighted by molar-refractivity contribution is 6.33. The van der Waals surface area contributed by atoms with Gasteiger partial charge < -0.3 is 14.3 Å². The highest BCUT2D eigenvalue weighted by Gasteiger charge is 2.28. The van der Waals surface area contributed by atoms with E-state index >= 15 is 0 Å². The molecule has 6 heteroatoms. The van der Waals surface area contributed by atoms with Gasteiger partial charge in [0.05, 0.1) is 17.3 Å². The van der Waals surface area contributed by atoms with Gasteiger partial charge in [0.1, 0.15) is 11.5 Å². The highest BCUT2D eigenvalue weighted by Crippen LogP contribution is 2.40. The van der Waals surface area contributed by atoms with Crippen molar-refractivity contribution < 1.29 is 9.32 Å². The number of hydrogen-bond donors (Lipinski definition) is 0. The van der Waals surface area contributed by atoms with Crippen LogP contribution < -0.4 is 4.90 Å². The molecular weight excluding hydrogens is 338 g/mol. The van der Waals surface area contributed by atoms with Gasteiger partial charge in [-0.05, 0) is 43.9 Å². The number of carbonyl (C=O) groups is 1. The minimum Gasteiger partial charge on any atom is -0.370 e. The van der Waals surface area contributed by atoms with Gasteiger partial charge in [-0.25, -0.2) is 0 Å². The van der Waals surface area contributed by atoms with Gasteiger partial charge in [0, 0.05) is 37.7 Å². The normalized spacial score (nSPS) is 17.1. The van der Waals surface area contributed by atoms with Gasteiger partial charge in [-0.2, -0.15) is 0 Å². The Labute approximate surface area is 152 Å². The number of aromatic nitrogens is 1. The molecule has 2 aliphatic rings. The Balaban J connectivity index is 1.44. The Hall–Kier alpha value is -2.01. The molecule has 1 amide bonds. The number of amides is 1. The van der Waals surface area contributed by atoms with Crippen LogP contribution >= 0.6 is 11.6 Å². The van der Waals surface area contributed by atoms with E-state index in [-0.39, 0.29) is 5.91 Å². The van der Waals surface area contributed by atoms with Gasteiger partial charge in [0.25, 0.3) is 5.91 Å². The second-order valence-corrected chi connectivity index (χ2v) is 7.42. The van der Waals surface area contributed by atoms with Crippen LogP contribution in [0.3, 0.4) is 0 Å². The zero-order valence-corrected chi connectivity index (χ0v) is 15.1. The molecule has 1 aromatic carbocycles. The fraction of sp³-hybridized carbons (Fsp3) is 0.474. The third kappa shape index (κ3) is 3.52. The molecule has 1 aromatic heterocycles. The van der Waals surface area contributed by atoms with Gasteiger partial charge in [-0.15, -0.1) is 0 Å². The number of halogens is 1. The van der Waals surface area contributed by atoms with E-state index in [0.717, 1.165) is 30.2 Å². The summed E-state index contributed by atoms with van der Waals surface area (Å²) in [5, 5.41) is 4.71. The van der Waals surface area contributed by atoms with Crippen molar-refractivity contribution in [3.8, 4) is 0 Å². The van der Waals surface area contributed by atoms with E-state index in [1.165, 1.54) is 25.7 Å². The predicted molar refractivity (Wildman–Crippen MR) is 97.2 cm³/mol. The van der Waals surface area contributed by atoms with E-state index < -0.39 is 0 Å². The SMILES string of the molecule is CN(Cc1cc(C2CC2)on1)C(=O)c1ccc(N2CCCC2)c(Cl)c1. The molecule has 0 atom stereocenters. The molecule has 132 valence electrons. The fourth-order valence-electron chi connectivity index (χ4n) is 3.35. The summed E-state index contributed by atoms with van der Waals surface area (Å²) in [4.78, 5) is 16.6. The lowest BCUT2D eigenvalue weighted by atomic mass is 10.1. The van der Waals surface area contributed by atoms with Crippen LogP contribution in [-0.4, -0.2) is 36.1 Å². The van der Waals surface area contributed by atoms with Gasteiger partial charge in [0.15, 0.2) is 0 Å². The lowest BCUT2D eigenvalue weighted by molar-refractivity contribution is 0.0782. The molecule has 0 radical (unpaired) electrons. The van der Waals surface area contributed by atoms with Crippen molar-refractivity contribution >= 4 is 23.2 Å². The van der Waals surface area contributed by atoms with Crippen LogP contribution in [0.1, 0.15) is 53.4 Å². The predicted octanol–water partition coefficient (Wildman–Crippen LogP) is 4.08. The first-order valence-electron chi connectivity index (χ1n) is 8.87. The van der Waals surface area contributed by atoms with Crippen LogP contribution in [0.25, 0.3) is 0 Å². The molecule has 5 nitrogen and oxygen atoms in total. The Morgan fingerprint density at radius 2 is 2.08 bits per heavy atom. The first kappa shape index (κ1) is 16.5. The van der Waals surface area contributed by atoms with Crippen LogP contribution in [0.15, 0.2) is 28.8 Å². The highest BCUT2D eigenvalue weighted by atomic mass is 35.5. The van der Waals surface area contributed by atoms with Crippen LogP contribution in [0.2, 0.25) is 5.02 Å². The number of nitrogens with zero attached hydrogens (tertiary/aromatic N) is 3. The number of rotatable bonds is 5. The summed E-state index contributed by atoms with van der Waals surface area (Å²) < 4.78 is 5.35. The molecule has 2 aromatic rings. The molecule has 0 unspecified atom stereocenters. The maximum atomic E-state index is 12.7. The number of anilines is 1. The number of carbonyl (C=O) groups excluding carboxylic acids is 1. The Bertz CT molecular complexity index is 779. The second-order valence-electron chi connectivity index (χ2n) is 7.02. The summed E-state index contributed by atoms with van der Waals surface area (Å²) in [6.45, 7) is 2.49. The topological polar surface area (TPSA) is 49.6 Å². The van der Waals surface area contributed by atoms with Crippen molar-refractivity contribution in [1.82, 2.24) is 10.1 Å². The lowest BCUT2D eigenvalue weighted by Gasteiger charge is -2.20. The molecular formula is C19H22ClN3O2. The van der Waals surface area contributed by atoms with Crippen molar-refractivity contribution in [3.63, 3.8) is 0 Å². The molecule has 1 aliphatic heterocycles. The molecule has 25 heavy (non-hydrogen) atoms. The van der Waals surface area contributed by atoms with Crippen LogP contribution in [0, 0.1) is 0 Å². The average Bonchev–Trinajstić information content (AvgIpc) is 3.11. The lowest BCUT2D eigenvalue weighted by Crippen LogP contribution is -2.26. The summed E-state index contributed by atoms with van der Waals surface area (Å²) in [6.07, 6.45) is 4.73. The quantitative estimate of drug-likeness (QED) is 0.807. The molecule has 0 spiro atoms. The molecule has 1 aliphatic carbocycles. The van der Waals surface area contributed by atoms with E-state index in [1.54, 1.807) is 18.0 Å². The van der Waals surface area contributed by atoms with Gasteiger partial charge >= 0.3 is 0 Å². The van der Waals surface area contributed by atoms with Crippen molar-refractivity contribution in [2.45, 2.75) is 38.1 Å². The summed E-state index contributed by atoms with van der Waals surface area (Å²) >= 11 is 6.42. The minimum absolute atomic E-state index is 0.0640. The fourth-order valence-corrected chi connectivity index (χ4v) is 3.65. The summed E-state index contributed by atoms with van der Waals surface area (Å²) in [5.41, 5.74) is 2.41. The molecule has 0 bridgehead atoms. The molecule has 0 N–H and O–H groups in total. The number of hydrogen-bond acceptors (Lipinski definition) is 4. The first-order valence-corrected chi connectivity index (χ1v) is 9.25. The molecule has 1 saturated carbocycles. The van der Waals surface area contributed by atoms with E-state index in [2.05, 4.69) is 10.1 Å². The van der Waals surface area contributed by atoms with Crippen molar-refractivity contribution in [1.29, 1.82) is 0 Å². The summed E-state index contributed by atoms with van der Waals surface area (Å²) in [7, 11) is 1.77. The Morgan fingerprint density at radius 1 is 1.32 bits per heavy atom. The number of benzene rings is 1. The van der Waals surface area contributed by atoms with E-state index in [0.29, 0.717) is 23.0 Å². The van der Waals surface area contributed by atoms with Crippen LogP contribution in [0.5, 0.6) is 0 Å². The Kier molecular flexibility index (Phi) is 4.42. The second kappa shape index (κ2) is 6.71. The maximum absolute atomic E-state index is 12.7. The molecule has 1 saturated heterocycles. The van der Waals surface area contributed by atoms with Crippen molar-refractivity contribution in [2.24, 2.45) is 0 Å². The van der Waals surface area contributed by atoms with Crippen LogP contribution in [0.4, 0.5) is 5.69 Å². The van der Waals surface area contributed by atoms with Crippen molar-refractivity contribution in [2.75, 3.05) is 25.0 Å². The first-order chi connectivity index (χ1) is 12.1. The zero-order chi connectivity index (χ0) is 17.4. The Morgan fingerprint density at radius 3 is 2.76 bits per heavy atom. The summed E-state index contributed by atoms with van der Waals surface area (Å²) in [5.74, 6) is 1.40. The minimum atomic E-state index is -0.0640. The molecule has 2 fully saturated rings. The average molecular weight is 360 g/mol.